The smallest absolute Gasteiger partial charge is 0.155 e. The number of benzene rings is 1. The first kappa shape index (κ1) is 13.5. The quantitative estimate of drug-likeness (QED) is 0.777. The predicted molar refractivity (Wildman–Crippen MR) is 78.3 cm³/mol. The molecule has 2 N–H and O–H groups in total. The molecule has 0 saturated heterocycles. The first-order chi connectivity index (χ1) is 8.30. The summed E-state index contributed by atoms with van der Waals surface area (Å²) >= 11 is 4.98. The fourth-order valence-corrected chi connectivity index (χ4v) is 3.15. The molecule has 0 unspecified atom stereocenters. The normalized spacial score (nSPS) is 11.8. The minimum Gasteiger partial charge on any atom is -0.396 e. The van der Waals surface area contributed by atoms with Crippen molar-refractivity contribution in [3.05, 3.63) is 32.8 Å². The third kappa shape index (κ3) is 2.42. The van der Waals surface area contributed by atoms with Crippen molar-refractivity contribution in [1.29, 1.82) is 0 Å². The van der Waals surface area contributed by atoms with Crippen molar-refractivity contribution in [2.45, 2.75) is 26.2 Å². The molecule has 1 aromatic carbocycles. The molecule has 0 aliphatic rings. The van der Waals surface area contributed by atoms with E-state index in [1.165, 1.54) is 11.3 Å². The Balaban J connectivity index is 2.58. The van der Waals surface area contributed by atoms with Crippen LogP contribution in [0.4, 0.5) is 10.1 Å². The van der Waals surface area contributed by atoms with Crippen LogP contribution in [-0.2, 0) is 5.41 Å². The molecule has 1 heterocycles. The Labute approximate surface area is 118 Å². The minimum absolute atomic E-state index is 0.0533. The molecule has 0 atom stereocenters. The molecule has 0 amide bonds. The fraction of sp³-hybridized carbons (Fsp3) is 0.308. The summed E-state index contributed by atoms with van der Waals surface area (Å²) in [6.07, 6.45) is 0. The number of hydrogen-bond acceptors (Lipinski definition) is 3. The van der Waals surface area contributed by atoms with Gasteiger partial charge in [-0.3, -0.25) is 0 Å². The van der Waals surface area contributed by atoms with Crippen LogP contribution in [0.3, 0.4) is 0 Å². The number of aromatic nitrogens is 1. The van der Waals surface area contributed by atoms with Gasteiger partial charge in [-0.25, -0.2) is 9.37 Å². The Kier molecular flexibility index (Phi) is 3.47. The van der Waals surface area contributed by atoms with Crippen LogP contribution >= 0.6 is 27.3 Å². The van der Waals surface area contributed by atoms with Crippen LogP contribution in [-0.4, -0.2) is 4.98 Å². The summed E-state index contributed by atoms with van der Waals surface area (Å²) in [6, 6.07) is 4.97. The van der Waals surface area contributed by atoms with Gasteiger partial charge in [0.05, 0.1) is 20.2 Å². The van der Waals surface area contributed by atoms with Crippen LogP contribution in [0, 0.1) is 5.82 Å². The van der Waals surface area contributed by atoms with Gasteiger partial charge >= 0.3 is 0 Å². The van der Waals surface area contributed by atoms with Crippen LogP contribution < -0.4 is 5.73 Å². The van der Waals surface area contributed by atoms with E-state index < -0.39 is 5.82 Å². The summed E-state index contributed by atoms with van der Waals surface area (Å²) in [6.45, 7) is 6.24. The van der Waals surface area contributed by atoms with E-state index >= 15 is 0 Å². The maximum atomic E-state index is 14.0. The zero-order chi connectivity index (χ0) is 13.5. The van der Waals surface area contributed by atoms with Crippen molar-refractivity contribution in [3.63, 3.8) is 0 Å². The summed E-state index contributed by atoms with van der Waals surface area (Å²) in [4.78, 5) is 4.53. The highest BCUT2D eigenvalue weighted by molar-refractivity contribution is 9.11. The lowest BCUT2D eigenvalue weighted by Gasteiger charge is -2.13. The summed E-state index contributed by atoms with van der Waals surface area (Å²) in [5.74, 6) is -0.413. The summed E-state index contributed by atoms with van der Waals surface area (Å²) in [5.41, 5.74) is 6.73. The standard InChI is InChI=1S/C13H14BrFN2S/c1-13(2,3)12-17-10(11(14)18-12)7-5-4-6-8(16)9(7)15/h4-6H,16H2,1-3H3. The van der Waals surface area contributed by atoms with Gasteiger partial charge in [0.1, 0.15) is 0 Å². The Morgan fingerprint density at radius 3 is 2.56 bits per heavy atom. The van der Waals surface area contributed by atoms with E-state index in [4.69, 9.17) is 5.73 Å². The van der Waals surface area contributed by atoms with E-state index in [0.29, 0.717) is 11.3 Å². The molecule has 0 saturated carbocycles. The van der Waals surface area contributed by atoms with Crippen LogP contribution in [0.5, 0.6) is 0 Å². The number of anilines is 1. The summed E-state index contributed by atoms with van der Waals surface area (Å²) in [5, 5.41) is 0.964. The number of nitrogens with two attached hydrogens (primary N) is 1. The van der Waals surface area contributed by atoms with E-state index in [9.17, 15) is 4.39 Å². The number of halogens is 2. The van der Waals surface area contributed by atoms with Crippen molar-refractivity contribution in [3.8, 4) is 11.3 Å². The molecule has 1 aromatic heterocycles. The lowest BCUT2D eigenvalue weighted by molar-refractivity contribution is 0.585. The summed E-state index contributed by atoms with van der Waals surface area (Å²) < 4.78 is 14.8. The first-order valence-electron chi connectivity index (χ1n) is 5.52. The zero-order valence-electron chi connectivity index (χ0n) is 10.4. The van der Waals surface area contributed by atoms with E-state index in [-0.39, 0.29) is 11.1 Å². The molecule has 96 valence electrons. The van der Waals surface area contributed by atoms with Gasteiger partial charge in [0.15, 0.2) is 5.82 Å². The van der Waals surface area contributed by atoms with E-state index in [0.717, 1.165) is 8.79 Å². The van der Waals surface area contributed by atoms with E-state index in [2.05, 4.69) is 41.7 Å². The Hall–Kier alpha value is -0.940. The molecule has 0 aliphatic heterocycles. The maximum absolute atomic E-state index is 14.0. The highest BCUT2D eigenvalue weighted by atomic mass is 79.9. The maximum Gasteiger partial charge on any atom is 0.155 e. The molecule has 5 heteroatoms. The second-order valence-electron chi connectivity index (χ2n) is 5.10. The monoisotopic (exact) mass is 328 g/mol. The van der Waals surface area contributed by atoms with Crippen LogP contribution in [0.1, 0.15) is 25.8 Å². The molecule has 2 rings (SSSR count). The van der Waals surface area contributed by atoms with Crippen LogP contribution in [0.15, 0.2) is 22.0 Å². The van der Waals surface area contributed by atoms with Gasteiger partial charge in [-0.1, -0.05) is 26.8 Å². The number of rotatable bonds is 1. The van der Waals surface area contributed by atoms with Crippen molar-refractivity contribution < 1.29 is 4.39 Å². The second kappa shape index (κ2) is 4.63. The van der Waals surface area contributed by atoms with Gasteiger partial charge in [-0.15, -0.1) is 11.3 Å². The SMILES string of the molecule is CC(C)(C)c1nc(-c2cccc(N)c2F)c(Br)s1. The van der Waals surface area contributed by atoms with Crippen molar-refractivity contribution in [2.75, 3.05) is 5.73 Å². The molecular weight excluding hydrogens is 315 g/mol. The Morgan fingerprint density at radius 2 is 2.00 bits per heavy atom. The molecule has 0 fully saturated rings. The van der Waals surface area contributed by atoms with Gasteiger partial charge in [-0.2, -0.15) is 0 Å². The fourth-order valence-electron chi connectivity index (χ4n) is 1.52. The number of nitrogen functional groups attached to an aromatic ring is 1. The molecule has 0 aliphatic carbocycles. The zero-order valence-corrected chi connectivity index (χ0v) is 12.8. The van der Waals surface area contributed by atoms with Gasteiger partial charge in [0.25, 0.3) is 0 Å². The molecular formula is C13H14BrFN2S. The highest BCUT2D eigenvalue weighted by Gasteiger charge is 2.23. The van der Waals surface area contributed by atoms with E-state index in [1.54, 1.807) is 18.2 Å². The van der Waals surface area contributed by atoms with Gasteiger partial charge < -0.3 is 5.73 Å². The third-order valence-electron chi connectivity index (χ3n) is 2.51. The molecule has 0 spiro atoms. The first-order valence-corrected chi connectivity index (χ1v) is 7.13. The van der Waals surface area contributed by atoms with Crippen LogP contribution in [0.2, 0.25) is 0 Å². The topological polar surface area (TPSA) is 38.9 Å². The highest BCUT2D eigenvalue weighted by Crippen LogP contribution is 2.39. The third-order valence-corrected chi connectivity index (χ3v) is 4.64. The molecule has 18 heavy (non-hydrogen) atoms. The average molecular weight is 329 g/mol. The van der Waals surface area contributed by atoms with Crippen molar-refractivity contribution in [1.82, 2.24) is 4.98 Å². The van der Waals surface area contributed by atoms with Gasteiger partial charge in [0, 0.05) is 11.0 Å². The lowest BCUT2D eigenvalue weighted by atomic mass is 9.98. The predicted octanol–water partition coefficient (Wildman–Crippen LogP) is 4.59. The largest absolute Gasteiger partial charge is 0.396 e. The number of hydrogen-bond donors (Lipinski definition) is 1. The van der Waals surface area contributed by atoms with Gasteiger partial charge in [-0.05, 0) is 28.1 Å². The lowest BCUT2D eigenvalue weighted by Crippen LogP contribution is -2.10. The number of nitrogens with zero attached hydrogens (tertiary/aromatic N) is 1. The second-order valence-corrected chi connectivity index (χ2v) is 7.42. The average Bonchev–Trinajstić information content (AvgIpc) is 2.64. The molecule has 2 nitrogen and oxygen atoms in total. The molecule has 0 bridgehead atoms. The van der Waals surface area contributed by atoms with Crippen molar-refractivity contribution >= 4 is 33.0 Å². The number of thiazole rings is 1. The Bertz CT molecular complexity index is 587. The summed E-state index contributed by atoms with van der Waals surface area (Å²) in [7, 11) is 0. The Morgan fingerprint density at radius 1 is 1.33 bits per heavy atom. The molecule has 0 radical (unpaired) electrons. The van der Waals surface area contributed by atoms with E-state index in [1.807, 2.05) is 0 Å². The van der Waals surface area contributed by atoms with Crippen LogP contribution in [0.25, 0.3) is 11.3 Å². The van der Waals surface area contributed by atoms with Gasteiger partial charge in [0.2, 0.25) is 0 Å². The molecule has 2 aromatic rings. The minimum atomic E-state index is -0.413. The van der Waals surface area contributed by atoms with Crippen molar-refractivity contribution in [2.24, 2.45) is 0 Å².